The summed E-state index contributed by atoms with van der Waals surface area (Å²) in [5.41, 5.74) is 7.16. The molecule has 5 aromatic carbocycles. The molecule has 2 heterocycles. The average Bonchev–Trinajstić information content (AvgIpc) is 3.75. The van der Waals surface area contributed by atoms with E-state index in [1.54, 1.807) is 22.9 Å². The van der Waals surface area contributed by atoms with Crippen molar-refractivity contribution in [3.8, 4) is 16.9 Å². The first-order chi connectivity index (χ1) is 24.3. The maximum absolute atomic E-state index is 12.9. The minimum Gasteiger partial charge on any atom is -0.352 e. The highest BCUT2D eigenvalue weighted by Gasteiger charge is 2.16. The number of carbonyl (C=O) groups is 1. The van der Waals surface area contributed by atoms with Gasteiger partial charge in [-0.1, -0.05) is 95.7 Å². The van der Waals surface area contributed by atoms with Crippen LogP contribution in [0.15, 0.2) is 145 Å². The summed E-state index contributed by atoms with van der Waals surface area (Å²) in [5.74, 6) is -0.126. The van der Waals surface area contributed by atoms with Crippen molar-refractivity contribution in [2.24, 2.45) is 0 Å². The van der Waals surface area contributed by atoms with Crippen molar-refractivity contribution in [2.75, 3.05) is 4.72 Å². The van der Waals surface area contributed by atoms with E-state index in [1.165, 1.54) is 24.3 Å². The van der Waals surface area contributed by atoms with E-state index in [1.807, 2.05) is 66.9 Å². The Morgan fingerprint density at radius 1 is 0.800 bits per heavy atom. The van der Waals surface area contributed by atoms with Crippen molar-refractivity contribution >= 4 is 44.1 Å². The van der Waals surface area contributed by atoms with E-state index in [9.17, 15) is 13.2 Å². The molecule has 0 bridgehead atoms. The van der Waals surface area contributed by atoms with Crippen LogP contribution in [0.3, 0.4) is 0 Å². The molecule has 0 saturated carbocycles. The molecule has 7 aromatic rings. The zero-order valence-corrected chi connectivity index (χ0v) is 28.5. The van der Waals surface area contributed by atoms with Gasteiger partial charge in [0.1, 0.15) is 5.69 Å². The van der Waals surface area contributed by atoms with Crippen LogP contribution in [0, 0.1) is 0 Å². The number of amides is 1. The minimum atomic E-state index is -3.79. The molecule has 0 radical (unpaired) electrons. The van der Waals surface area contributed by atoms with Gasteiger partial charge in [0, 0.05) is 40.3 Å². The summed E-state index contributed by atoms with van der Waals surface area (Å²) in [6.45, 7) is 0.800. The molecule has 0 spiro atoms. The molecule has 0 aliphatic rings. The lowest BCUT2D eigenvalue weighted by Crippen LogP contribution is -2.23. The van der Waals surface area contributed by atoms with Crippen molar-refractivity contribution in [1.82, 2.24) is 24.9 Å². The third-order valence-electron chi connectivity index (χ3n) is 8.39. The fraction of sp³-hybridized carbons (Fsp3) is 0.103. The van der Waals surface area contributed by atoms with E-state index in [0.717, 1.165) is 44.7 Å². The number of hydrogen-bond acceptors (Lipinski definition) is 5. The lowest BCUT2D eigenvalue weighted by atomic mass is 10.1. The molecule has 0 fully saturated rings. The number of carbonyl (C=O) groups excluding carboxylic acids is 1. The normalized spacial score (nSPS) is 11.5. The molecule has 0 aliphatic heterocycles. The number of fused-ring (bicyclic) bond motifs is 1. The standard InChI is InChI=1S/C39H33ClN6O3S/c40-32-18-20-35(21-19-32)50(48,49)43-33-14-8-9-28(23-33)25-41-39(47)22-17-30-12-4-7-16-37(30)46-27-34(42-44-46)26-45-36-15-6-5-13-31(36)24-38(45)29-10-2-1-3-11-29/h1-16,18-21,23-24,27,43H,17,22,25-26H2,(H,41,47). The second kappa shape index (κ2) is 14.4. The smallest absolute Gasteiger partial charge is 0.261 e. The number of hydrogen-bond donors (Lipinski definition) is 2. The van der Waals surface area contributed by atoms with Crippen molar-refractivity contribution in [2.45, 2.75) is 30.8 Å². The molecule has 50 heavy (non-hydrogen) atoms. The number of nitrogens with zero attached hydrogens (tertiary/aromatic N) is 4. The third-order valence-corrected chi connectivity index (χ3v) is 10.0. The SMILES string of the molecule is O=C(CCc1ccccc1-n1cc(Cn2c(-c3ccccc3)cc3ccccc32)nn1)NCc1cccc(NS(=O)(=O)c2ccc(Cl)cc2)c1. The highest BCUT2D eigenvalue weighted by atomic mass is 35.5. The lowest BCUT2D eigenvalue weighted by Gasteiger charge is -2.11. The number of sulfonamides is 1. The quantitative estimate of drug-likeness (QED) is 0.136. The second-order valence-electron chi connectivity index (χ2n) is 11.9. The number of halogens is 1. The van der Waals surface area contributed by atoms with Gasteiger partial charge >= 0.3 is 0 Å². The van der Waals surface area contributed by atoms with Gasteiger partial charge in [-0.2, -0.15) is 0 Å². The Labute approximate surface area is 295 Å². The molecule has 0 aliphatic carbocycles. The Kier molecular flexibility index (Phi) is 9.46. The maximum Gasteiger partial charge on any atom is 0.261 e. The number of nitrogens with one attached hydrogen (secondary N) is 2. The first-order valence-corrected chi connectivity index (χ1v) is 18.0. The average molecular weight is 701 g/mol. The van der Waals surface area contributed by atoms with Gasteiger partial charge in [0.2, 0.25) is 5.91 Å². The number of para-hydroxylation sites is 2. The first-order valence-electron chi connectivity index (χ1n) is 16.1. The summed E-state index contributed by atoms with van der Waals surface area (Å²) in [4.78, 5) is 13.0. The van der Waals surface area contributed by atoms with E-state index in [0.29, 0.717) is 23.7 Å². The molecule has 0 atom stereocenters. The summed E-state index contributed by atoms with van der Waals surface area (Å²) in [5, 5.41) is 13.6. The van der Waals surface area contributed by atoms with Gasteiger partial charge in [-0.05, 0) is 77.7 Å². The van der Waals surface area contributed by atoms with Crippen molar-refractivity contribution in [3.05, 3.63) is 162 Å². The Bertz CT molecular complexity index is 2390. The van der Waals surface area contributed by atoms with Gasteiger partial charge in [-0.25, -0.2) is 13.1 Å². The second-order valence-corrected chi connectivity index (χ2v) is 14.0. The first kappa shape index (κ1) is 32.8. The van der Waals surface area contributed by atoms with Crippen LogP contribution in [0.4, 0.5) is 5.69 Å². The van der Waals surface area contributed by atoms with Crippen LogP contribution in [0.25, 0.3) is 27.8 Å². The molecular weight excluding hydrogens is 668 g/mol. The van der Waals surface area contributed by atoms with Crippen LogP contribution in [0.1, 0.15) is 23.2 Å². The zero-order valence-electron chi connectivity index (χ0n) is 26.9. The predicted octanol–water partition coefficient (Wildman–Crippen LogP) is 7.64. The molecular formula is C39H33ClN6O3S. The number of rotatable bonds is 12. The van der Waals surface area contributed by atoms with E-state index >= 15 is 0 Å². The molecule has 9 nitrogen and oxygen atoms in total. The topological polar surface area (TPSA) is 111 Å². The largest absolute Gasteiger partial charge is 0.352 e. The highest BCUT2D eigenvalue weighted by molar-refractivity contribution is 7.92. The van der Waals surface area contributed by atoms with E-state index in [4.69, 9.17) is 11.6 Å². The summed E-state index contributed by atoms with van der Waals surface area (Å²) in [7, 11) is -3.79. The van der Waals surface area contributed by atoms with Gasteiger partial charge in [0.15, 0.2) is 0 Å². The van der Waals surface area contributed by atoms with Gasteiger partial charge < -0.3 is 9.88 Å². The molecule has 7 rings (SSSR count). The number of aromatic nitrogens is 4. The molecule has 0 saturated heterocycles. The minimum absolute atomic E-state index is 0.106. The molecule has 11 heteroatoms. The van der Waals surface area contributed by atoms with E-state index < -0.39 is 10.0 Å². The van der Waals surface area contributed by atoms with Gasteiger partial charge in [0.05, 0.1) is 23.3 Å². The Morgan fingerprint density at radius 2 is 1.56 bits per heavy atom. The van der Waals surface area contributed by atoms with Crippen LogP contribution < -0.4 is 10.0 Å². The summed E-state index contributed by atoms with van der Waals surface area (Å²) < 4.78 is 32.2. The molecule has 2 aromatic heterocycles. The van der Waals surface area contributed by atoms with Crippen LogP contribution in [0.5, 0.6) is 0 Å². The van der Waals surface area contributed by atoms with E-state index in [2.05, 4.69) is 55.2 Å². The highest BCUT2D eigenvalue weighted by Crippen LogP contribution is 2.29. The van der Waals surface area contributed by atoms with Crippen LogP contribution >= 0.6 is 11.6 Å². The number of anilines is 1. The van der Waals surface area contributed by atoms with Gasteiger partial charge in [0.25, 0.3) is 10.0 Å². The third kappa shape index (κ3) is 7.46. The van der Waals surface area contributed by atoms with Crippen molar-refractivity contribution in [1.29, 1.82) is 0 Å². The van der Waals surface area contributed by atoms with Crippen LogP contribution in [0.2, 0.25) is 5.02 Å². The Morgan fingerprint density at radius 3 is 2.40 bits per heavy atom. The summed E-state index contributed by atoms with van der Waals surface area (Å²) >= 11 is 5.90. The van der Waals surface area contributed by atoms with Crippen LogP contribution in [-0.2, 0) is 34.3 Å². The Balaban J connectivity index is 0.996. The predicted molar refractivity (Wildman–Crippen MR) is 197 cm³/mol. The monoisotopic (exact) mass is 700 g/mol. The Hall–Kier alpha value is -5.71. The molecule has 250 valence electrons. The zero-order chi connectivity index (χ0) is 34.5. The summed E-state index contributed by atoms with van der Waals surface area (Å²) in [6.07, 6.45) is 2.70. The maximum atomic E-state index is 12.9. The fourth-order valence-corrected chi connectivity index (χ4v) is 7.11. The fourth-order valence-electron chi connectivity index (χ4n) is 5.93. The number of aryl methyl sites for hydroxylation is 1. The lowest BCUT2D eigenvalue weighted by molar-refractivity contribution is -0.121. The molecule has 1 amide bonds. The van der Waals surface area contributed by atoms with Gasteiger partial charge in [-0.15, -0.1) is 5.10 Å². The van der Waals surface area contributed by atoms with Crippen LogP contribution in [-0.4, -0.2) is 33.9 Å². The summed E-state index contributed by atoms with van der Waals surface area (Å²) in [6, 6.07) is 41.6. The number of benzene rings is 5. The van der Waals surface area contributed by atoms with E-state index in [-0.39, 0.29) is 23.8 Å². The van der Waals surface area contributed by atoms with Gasteiger partial charge in [-0.3, -0.25) is 9.52 Å². The van der Waals surface area contributed by atoms with Crippen molar-refractivity contribution < 1.29 is 13.2 Å². The van der Waals surface area contributed by atoms with Crippen molar-refractivity contribution in [3.63, 3.8) is 0 Å². The molecule has 2 N–H and O–H groups in total. The molecule has 0 unspecified atom stereocenters.